The summed E-state index contributed by atoms with van der Waals surface area (Å²) in [5, 5.41) is 10.9. The lowest BCUT2D eigenvalue weighted by molar-refractivity contribution is -0.202. The van der Waals surface area contributed by atoms with Crippen LogP contribution >= 0.6 is 0 Å². The Hall–Kier alpha value is -1.42. The van der Waals surface area contributed by atoms with Crippen molar-refractivity contribution in [2.45, 2.75) is 112 Å². The molecule has 206 valence electrons. The smallest absolute Gasteiger partial charge is 0.312 e. The second-order valence-corrected chi connectivity index (χ2v) is 15.5. The number of ether oxygens (including phenoxy) is 1. The Labute approximate surface area is 224 Å². The molecule has 0 bridgehead atoms. The third-order valence-corrected chi connectivity index (χ3v) is 13.4. The van der Waals surface area contributed by atoms with Crippen LogP contribution in [0.25, 0.3) is 0 Å². The molecule has 0 heterocycles. The number of carbonyl (C=O) groups is 2. The van der Waals surface area contributed by atoms with E-state index in [0.717, 1.165) is 57.8 Å². The number of ketones is 1. The van der Waals surface area contributed by atoms with E-state index in [1.807, 2.05) is 0 Å². The summed E-state index contributed by atoms with van der Waals surface area (Å²) >= 11 is 0. The van der Waals surface area contributed by atoms with E-state index >= 15 is 0 Å². The molecule has 1 unspecified atom stereocenters. The van der Waals surface area contributed by atoms with Crippen LogP contribution in [0, 0.1) is 50.2 Å². The molecule has 0 amide bonds. The van der Waals surface area contributed by atoms with Gasteiger partial charge in [-0.25, -0.2) is 0 Å². The second-order valence-electron chi connectivity index (χ2n) is 15.5. The van der Waals surface area contributed by atoms with Gasteiger partial charge in [0, 0.05) is 5.92 Å². The number of esters is 1. The van der Waals surface area contributed by atoms with E-state index in [1.165, 1.54) is 5.57 Å². The van der Waals surface area contributed by atoms with Crippen LogP contribution in [-0.4, -0.2) is 29.6 Å². The number of hydrogen-bond donors (Lipinski definition) is 1. The fourth-order valence-electron chi connectivity index (χ4n) is 10.7. The summed E-state index contributed by atoms with van der Waals surface area (Å²) in [5.74, 6) is 0.731. The zero-order valence-electron chi connectivity index (χ0n) is 24.4. The fourth-order valence-corrected chi connectivity index (χ4v) is 10.7. The first-order valence-corrected chi connectivity index (χ1v) is 14.8. The van der Waals surface area contributed by atoms with Crippen molar-refractivity contribution in [3.63, 3.8) is 0 Å². The van der Waals surface area contributed by atoms with Crippen molar-refractivity contribution in [1.29, 1.82) is 0 Å². The van der Waals surface area contributed by atoms with Crippen molar-refractivity contribution in [2.24, 2.45) is 50.2 Å². The average molecular weight is 511 g/mol. The molecule has 4 heteroatoms. The molecule has 5 aliphatic carbocycles. The predicted molar refractivity (Wildman–Crippen MR) is 147 cm³/mol. The van der Waals surface area contributed by atoms with Crippen molar-refractivity contribution in [1.82, 2.24) is 0 Å². The van der Waals surface area contributed by atoms with Crippen molar-refractivity contribution >= 4 is 11.8 Å². The normalized spacial score (nSPS) is 50.5. The number of hydrogen-bond acceptors (Lipinski definition) is 4. The Morgan fingerprint density at radius 3 is 2.38 bits per heavy atom. The van der Waals surface area contributed by atoms with Gasteiger partial charge < -0.3 is 9.84 Å². The first-order valence-electron chi connectivity index (χ1n) is 14.8. The van der Waals surface area contributed by atoms with E-state index in [-0.39, 0.29) is 57.6 Å². The molecule has 9 atom stereocenters. The Morgan fingerprint density at radius 2 is 1.70 bits per heavy atom. The molecule has 1 N–H and O–H groups in total. The number of fused-ring (bicyclic) bond motifs is 7. The van der Waals surface area contributed by atoms with E-state index in [0.29, 0.717) is 11.7 Å². The summed E-state index contributed by atoms with van der Waals surface area (Å²) in [6.45, 7) is 20.1. The SMILES string of the molecule is C=CCOC(=O)[C@@]1(C)CC[C@]2(C)CC[C@]3(C)C(=CC(=O)[C@@H]4[C@@]5(C)CC[C@H](O)C(C)(C)C5CC[C@]43C)[C@@H]2C1. The highest BCUT2D eigenvalue weighted by Crippen LogP contribution is 2.75. The molecule has 0 aromatic carbocycles. The van der Waals surface area contributed by atoms with E-state index in [9.17, 15) is 14.7 Å². The van der Waals surface area contributed by atoms with Gasteiger partial charge in [-0.15, -0.1) is 0 Å². The van der Waals surface area contributed by atoms with Gasteiger partial charge in [0.2, 0.25) is 0 Å². The van der Waals surface area contributed by atoms with Gasteiger partial charge in [-0.2, -0.15) is 0 Å². The number of aliphatic hydroxyl groups excluding tert-OH is 1. The lowest BCUT2D eigenvalue weighted by Gasteiger charge is -2.70. The summed E-state index contributed by atoms with van der Waals surface area (Å²) in [6.07, 6.45) is 12.0. The predicted octanol–water partition coefficient (Wildman–Crippen LogP) is 7.06. The van der Waals surface area contributed by atoms with E-state index in [1.54, 1.807) is 6.08 Å². The average Bonchev–Trinajstić information content (AvgIpc) is 2.82. The Morgan fingerprint density at radius 1 is 1.03 bits per heavy atom. The molecule has 0 aromatic rings. The molecule has 0 aliphatic heterocycles. The molecule has 5 rings (SSSR count). The highest BCUT2D eigenvalue weighted by Gasteiger charge is 2.70. The maximum Gasteiger partial charge on any atom is 0.312 e. The zero-order chi connectivity index (χ0) is 27.2. The lowest BCUT2D eigenvalue weighted by Crippen LogP contribution is -2.66. The maximum absolute atomic E-state index is 14.4. The number of carbonyl (C=O) groups excluding carboxylic acids is 2. The van der Waals surface area contributed by atoms with Crippen LogP contribution in [0.4, 0.5) is 0 Å². The summed E-state index contributed by atoms with van der Waals surface area (Å²) in [5.41, 5.74) is 0.453. The quantitative estimate of drug-likeness (QED) is 0.326. The van der Waals surface area contributed by atoms with E-state index < -0.39 is 5.41 Å². The van der Waals surface area contributed by atoms with Gasteiger partial charge in [-0.05, 0) is 110 Å². The minimum Gasteiger partial charge on any atom is -0.461 e. The molecule has 0 spiro atoms. The third kappa shape index (κ3) is 3.49. The van der Waals surface area contributed by atoms with Gasteiger partial charge in [0.05, 0.1) is 11.5 Å². The van der Waals surface area contributed by atoms with Crippen LogP contribution < -0.4 is 0 Å². The Kier molecular flexibility index (Phi) is 6.09. The molecule has 4 saturated carbocycles. The molecule has 5 aliphatic rings. The molecule has 37 heavy (non-hydrogen) atoms. The third-order valence-electron chi connectivity index (χ3n) is 13.4. The molecule has 4 fully saturated rings. The summed E-state index contributed by atoms with van der Waals surface area (Å²) < 4.78 is 5.57. The zero-order valence-corrected chi connectivity index (χ0v) is 24.4. The minimum absolute atomic E-state index is 0.0174. The maximum atomic E-state index is 14.4. The first kappa shape index (κ1) is 27.2. The molecular formula is C33H50O4. The highest BCUT2D eigenvalue weighted by molar-refractivity contribution is 5.95. The fraction of sp³-hybridized carbons (Fsp3) is 0.818. The van der Waals surface area contributed by atoms with Crippen molar-refractivity contribution in [3.8, 4) is 0 Å². The monoisotopic (exact) mass is 510 g/mol. The van der Waals surface area contributed by atoms with Crippen molar-refractivity contribution in [2.75, 3.05) is 6.61 Å². The first-order chi connectivity index (χ1) is 17.1. The van der Waals surface area contributed by atoms with Crippen LogP contribution in [-0.2, 0) is 14.3 Å². The molecule has 0 aromatic heterocycles. The van der Waals surface area contributed by atoms with E-state index in [4.69, 9.17) is 4.74 Å². The number of rotatable bonds is 3. The minimum atomic E-state index is -0.528. The largest absolute Gasteiger partial charge is 0.461 e. The molecule has 4 nitrogen and oxygen atoms in total. The number of allylic oxidation sites excluding steroid dienone is 2. The van der Waals surface area contributed by atoms with Crippen LogP contribution in [0.5, 0.6) is 0 Å². The number of aliphatic hydroxyl groups is 1. The second kappa shape index (κ2) is 8.29. The molecular weight excluding hydrogens is 460 g/mol. The van der Waals surface area contributed by atoms with Crippen LogP contribution in [0.1, 0.15) is 106 Å². The molecule has 0 saturated heterocycles. The Balaban J connectivity index is 1.57. The summed E-state index contributed by atoms with van der Waals surface area (Å²) in [4.78, 5) is 27.5. The summed E-state index contributed by atoms with van der Waals surface area (Å²) in [7, 11) is 0. The topological polar surface area (TPSA) is 63.6 Å². The van der Waals surface area contributed by atoms with Crippen LogP contribution in [0.3, 0.4) is 0 Å². The van der Waals surface area contributed by atoms with Crippen molar-refractivity contribution < 1.29 is 19.4 Å². The van der Waals surface area contributed by atoms with Gasteiger partial charge in [0.25, 0.3) is 0 Å². The van der Waals surface area contributed by atoms with Gasteiger partial charge in [-0.3, -0.25) is 9.59 Å². The van der Waals surface area contributed by atoms with Gasteiger partial charge in [0.1, 0.15) is 6.61 Å². The Bertz CT molecular complexity index is 1040. The van der Waals surface area contributed by atoms with Crippen LogP contribution in [0.15, 0.2) is 24.3 Å². The van der Waals surface area contributed by atoms with Gasteiger partial charge >= 0.3 is 5.97 Å². The van der Waals surface area contributed by atoms with Gasteiger partial charge in [-0.1, -0.05) is 59.8 Å². The van der Waals surface area contributed by atoms with E-state index in [2.05, 4.69) is 61.1 Å². The van der Waals surface area contributed by atoms with Crippen molar-refractivity contribution in [3.05, 3.63) is 24.3 Å². The van der Waals surface area contributed by atoms with Gasteiger partial charge in [0.15, 0.2) is 5.78 Å². The highest BCUT2D eigenvalue weighted by atomic mass is 16.5. The summed E-state index contributed by atoms with van der Waals surface area (Å²) in [6, 6.07) is 0. The lowest BCUT2D eigenvalue weighted by atomic mass is 9.33. The molecule has 0 radical (unpaired) electrons. The van der Waals surface area contributed by atoms with Crippen LogP contribution in [0.2, 0.25) is 0 Å². The standard InChI is InChI=1S/C33H50O4/c1-9-18-37-27(36)30(5)15-14-29(4)16-17-32(7)21(22(29)20-30)19-23(34)26-31(6)12-11-25(35)28(2,3)24(31)10-13-33(26,32)8/h9,19,22,24-26,35H,1,10-18,20H2,2-8H3/t22-,24?,25-,26+,29+,30-,31-,32+,33+/m0/s1.